The summed E-state index contributed by atoms with van der Waals surface area (Å²) in [5.74, 6) is 1.22. The van der Waals surface area contributed by atoms with E-state index in [2.05, 4.69) is 6.92 Å². The molecule has 2 rings (SSSR count). The molecule has 0 spiro atoms. The Morgan fingerprint density at radius 3 is 2.43 bits per heavy atom. The molecule has 0 radical (unpaired) electrons. The molecule has 0 unspecified atom stereocenters. The molecule has 0 N–H and O–H groups in total. The fourth-order valence-corrected chi connectivity index (χ4v) is 3.73. The van der Waals surface area contributed by atoms with E-state index in [0.717, 1.165) is 18.8 Å². The molecule has 1 aromatic rings. The van der Waals surface area contributed by atoms with Gasteiger partial charge in [0.05, 0.1) is 6.61 Å². The third-order valence-corrected chi connectivity index (χ3v) is 5.09. The van der Waals surface area contributed by atoms with Crippen molar-refractivity contribution in [2.45, 2.75) is 65.7 Å². The molecule has 128 valence electrons. The molecule has 0 atom stereocenters. The van der Waals surface area contributed by atoms with Crippen LogP contribution in [-0.4, -0.2) is 12.4 Å². The third-order valence-electron chi connectivity index (χ3n) is 5.09. The van der Waals surface area contributed by atoms with E-state index in [1.54, 1.807) is 19.1 Å². The number of benzene rings is 1. The molecule has 0 bridgehead atoms. The first kappa shape index (κ1) is 18.0. The highest BCUT2D eigenvalue weighted by Gasteiger charge is 2.24. The molecule has 1 aliphatic carbocycles. The van der Waals surface area contributed by atoms with Crippen LogP contribution in [-0.2, 0) is 0 Å². The van der Waals surface area contributed by atoms with Gasteiger partial charge in [-0.2, -0.15) is 0 Å². The average Bonchev–Trinajstić information content (AvgIpc) is 2.54. The van der Waals surface area contributed by atoms with E-state index in [1.165, 1.54) is 25.7 Å². The Kier molecular flexibility index (Phi) is 6.61. The molecule has 0 saturated heterocycles. The quantitative estimate of drug-likeness (QED) is 0.601. The number of hydrogen-bond donors (Lipinski definition) is 0. The van der Waals surface area contributed by atoms with Crippen LogP contribution in [0.5, 0.6) is 5.75 Å². The van der Waals surface area contributed by atoms with Gasteiger partial charge in [-0.15, -0.1) is 0 Å². The number of halogens is 1. The van der Waals surface area contributed by atoms with Gasteiger partial charge in [0.1, 0.15) is 0 Å². The minimum absolute atomic E-state index is 0.0726. The minimum atomic E-state index is -0.399. The van der Waals surface area contributed by atoms with Gasteiger partial charge in [-0.05, 0) is 56.2 Å². The molecular formula is C20H29FO2. The number of ether oxygens (including phenoxy) is 1. The summed E-state index contributed by atoms with van der Waals surface area (Å²) >= 11 is 0. The molecule has 3 heteroatoms. The van der Waals surface area contributed by atoms with Crippen LogP contribution in [0.4, 0.5) is 4.39 Å². The monoisotopic (exact) mass is 320 g/mol. The zero-order valence-electron chi connectivity index (χ0n) is 14.7. The molecule has 0 aromatic heterocycles. The summed E-state index contributed by atoms with van der Waals surface area (Å²) in [6.07, 6.45) is 7.85. The number of carbonyl (C=O) groups excluding carboxylic acids is 1. The molecule has 1 fully saturated rings. The number of ketones is 1. The van der Waals surface area contributed by atoms with E-state index in [1.807, 2.05) is 6.92 Å². The highest BCUT2D eigenvalue weighted by atomic mass is 19.1. The van der Waals surface area contributed by atoms with Gasteiger partial charge in [-0.3, -0.25) is 4.79 Å². The predicted molar refractivity (Wildman–Crippen MR) is 91.6 cm³/mol. The lowest BCUT2D eigenvalue weighted by molar-refractivity contribution is 0.0940. The van der Waals surface area contributed by atoms with Crippen LogP contribution in [0, 0.1) is 24.6 Å². The molecule has 2 nitrogen and oxygen atoms in total. The van der Waals surface area contributed by atoms with Gasteiger partial charge in [-0.25, -0.2) is 4.39 Å². The summed E-state index contributed by atoms with van der Waals surface area (Å²) in [5.41, 5.74) is 0.933. The molecule has 0 aliphatic heterocycles. The number of carbonyl (C=O) groups is 1. The molecule has 1 aromatic carbocycles. The van der Waals surface area contributed by atoms with Crippen LogP contribution in [0.3, 0.4) is 0 Å². The van der Waals surface area contributed by atoms with Crippen molar-refractivity contribution in [3.63, 3.8) is 0 Å². The van der Waals surface area contributed by atoms with Crippen LogP contribution < -0.4 is 4.74 Å². The van der Waals surface area contributed by atoms with Gasteiger partial charge >= 0.3 is 0 Å². The largest absolute Gasteiger partial charge is 0.491 e. The summed E-state index contributed by atoms with van der Waals surface area (Å²) in [6, 6.07) is 3.30. The summed E-state index contributed by atoms with van der Waals surface area (Å²) in [7, 11) is 0. The first-order valence-electron chi connectivity index (χ1n) is 9.01. The van der Waals surface area contributed by atoms with Crippen LogP contribution >= 0.6 is 0 Å². The summed E-state index contributed by atoms with van der Waals surface area (Å²) < 4.78 is 19.5. The van der Waals surface area contributed by atoms with E-state index in [4.69, 9.17) is 4.74 Å². The Morgan fingerprint density at radius 1 is 1.17 bits per heavy atom. The number of hydrogen-bond acceptors (Lipinski definition) is 2. The molecular weight excluding hydrogens is 291 g/mol. The van der Waals surface area contributed by atoms with Crippen molar-refractivity contribution >= 4 is 5.78 Å². The predicted octanol–water partition coefficient (Wildman–Crippen LogP) is 5.71. The summed E-state index contributed by atoms with van der Waals surface area (Å²) in [6.45, 7) is 6.15. The topological polar surface area (TPSA) is 26.3 Å². The second kappa shape index (κ2) is 8.47. The third kappa shape index (κ3) is 4.55. The highest BCUT2D eigenvalue weighted by Crippen LogP contribution is 2.34. The first-order valence-corrected chi connectivity index (χ1v) is 9.01. The zero-order valence-corrected chi connectivity index (χ0v) is 14.7. The Labute approximate surface area is 139 Å². The van der Waals surface area contributed by atoms with Gasteiger partial charge in [0.2, 0.25) is 0 Å². The lowest BCUT2D eigenvalue weighted by Gasteiger charge is -2.28. The Hall–Kier alpha value is -1.38. The Balaban J connectivity index is 1.98. The van der Waals surface area contributed by atoms with Crippen molar-refractivity contribution in [2.75, 3.05) is 6.61 Å². The SMILES string of the molecule is CCCC1CCC(CC(=O)c2ccc(OCC)c(F)c2C)CC1. The summed E-state index contributed by atoms with van der Waals surface area (Å²) in [5, 5.41) is 0. The van der Waals surface area contributed by atoms with E-state index < -0.39 is 5.82 Å². The fourth-order valence-electron chi connectivity index (χ4n) is 3.73. The van der Waals surface area contributed by atoms with Crippen molar-refractivity contribution in [2.24, 2.45) is 11.8 Å². The maximum Gasteiger partial charge on any atom is 0.168 e. The number of Topliss-reactive ketones (excluding diaryl/α,β-unsaturated/α-hetero) is 1. The average molecular weight is 320 g/mol. The van der Waals surface area contributed by atoms with Crippen molar-refractivity contribution in [3.8, 4) is 5.75 Å². The van der Waals surface area contributed by atoms with E-state index in [0.29, 0.717) is 30.1 Å². The smallest absolute Gasteiger partial charge is 0.168 e. The minimum Gasteiger partial charge on any atom is -0.491 e. The molecule has 1 saturated carbocycles. The van der Waals surface area contributed by atoms with E-state index in [-0.39, 0.29) is 11.5 Å². The summed E-state index contributed by atoms with van der Waals surface area (Å²) in [4.78, 5) is 12.6. The number of rotatable bonds is 7. The van der Waals surface area contributed by atoms with E-state index >= 15 is 0 Å². The molecule has 23 heavy (non-hydrogen) atoms. The van der Waals surface area contributed by atoms with Gasteiger partial charge < -0.3 is 4.74 Å². The maximum absolute atomic E-state index is 14.2. The molecule has 1 aliphatic rings. The highest BCUT2D eigenvalue weighted by molar-refractivity contribution is 5.97. The van der Waals surface area contributed by atoms with Crippen molar-refractivity contribution in [3.05, 3.63) is 29.1 Å². The molecule has 0 amide bonds. The van der Waals surface area contributed by atoms with Gasteiger partial charge in [0, 0.05) is 12.0 Å². The first-order chi connectivity index (χ1) is 11.1. The van der Waals surface area contributed by atoms with Gasteiger partial charge in [0.25, 0.3) is 0 Å². The second-order valence-corrected chi connectivity index (χ2v) is 6.79. The zero-order chi connectivity index (χ0) is 16.8. The fraction of sp³-hybridized carbons (Fsp3) is 0.650. The van der Waals surface area contributed by atoms with Crippen molar-refractivity contribution in [1.29, 1.82) is 0 Å². The van der Waals surface area contributed by atoms with Crippen LogP contribution in [0.15, 0.2) is 12.1 Å². The van der Waals surface area contributed by atoms with Crippen LogP contribution in [0.2, 0.25) is 0 Å². The lowest BCUT2D eigenvalue weighted by Crippen LogP contribution is -2.18. The Morgan fingerprint density at radius 2 is 1.83 bits per heavy atom. The molecule has 0 heterocycles. The van der Waals surface area contributed by atoms with Gasteiger partial charge in [0.15, 0.2) is 17.3 Å². The Bertz CT molecular complexity index is 531. The maximum atomic E-state index is 14.2. The van der Waals surface area contributed by atoms with Crippen LogP contribution in [0.25, 0.3) is 0 Å². The standard InChI is InChI=1S/C20H29FO2/c1-4-6-15-7-9-16(10-8-15)13-18(22)17-11-12-19(23-5-2)20(21)14(17)3/h11-12,15-16H,4-10,13H2,1-3H3. The van der Waals surface area contributed by atoms with E-state index in [9.17, 15) is 9.18 Å². The van der Waals surface area contributed by atoms with Crippen molar-refractivity contribution < 1.29 is 13.9 Å². The second-order valence-electron chi connectivity index (χ2n) is 6.79. The van der Waals surface area contributed by atoms with Crippen LogP contribution in [0.1, 0.15) is 74.7 Å². The van der Waals surface area contributed by atoms with Crippen molar-refractivity contribution in [1.82, 2.24) is 0 Å². The lowest BCUT2D eigenvalue weighted by atomic mass is 9.77. The van der Waals surface area contributed by atoms with Gasteiger partial charge in [-0.1, -0.05) is 32.6 Å². The normalized spacial score (nSPS) is 21.2.